The van der Waals surface area contributed by atoms with Crippen LogP contribution in [0.3, 0.4) is 0 Å². The summed E-state index contributed by atoms with van der Waals surface area (Å²) in [6.07, 6.45) is 0. The molecule has 1 aromatic carbocycles. The first-order valence-corrected chi connectivity index (χ1v) is 3.79. The van der Waals surface area contributed by atoms with E-state index in [2.05, 4.69) is 0 Å². The van der Waals surface area contributed by atoms with Crippen LogP contribution in [0, 0.1) is 5.82 Å². The van der Waals surface area contributed by atoms with Gasteiger partial charge < -0.3 is 5.73 Å². The third-order valence-electron chi connectivity index (χ3n) is 1.52. The number of rotatable bonds is 2. The van der Waals surface area contributed by atoms with E-state index in [4.69, 9.17) is 17.3 Å². The second-order valence-corrected chi connectivity index (χ2v) is 2.86. The fourth-order valence-corrected chi connectivity index (χ4v) is 1.06. The molecule has 0 aliphatic rings. The molecule has 0 amide bonds. The van der Waals surface area contributed by atoms with Gasteiger partial charge in [-0.25, -0.2) is 8.78 Å². The van der Waals surface area contributed by atoms with Gasteiger partial charge in [0.15, 0.2) is 0 Å². The topological polar surface area (TPSA) is 26.0 Å². The summed E-state index contributed by atoms with van der Waals surface area (Å²) in [5.41, 5.74) is 5.41. The number of hydrogen-bond acceptors (Lipinski definition) is 1. The van der Waals surface area contributed by atoms with Crippen molar-refractivity contribution in [3.63, 3.8) is 0 Å². The first-order chi connectivity index (χ1) is 5.65. The van der Waals surface area contributed by atoms with Gasteiger partial charge in [0.2, 0.25) is 0 Å². The van der Waals surface area contributed by atoms with E-state index < -0.39 is 18.5 Å². The number of alkyl halides is 1. The van der Waals surface area contributed by atoms with E-state index in [0.717, 1.165) is 0 Å². The molecule has 4 heteroatoms. The van der Waals surface area contributed by atoms with Gasteiger partial charge in [0, 0.05) is 10.6 Å². The summed E-state index contributed by atoms with van der Waals surface area (Å²) in [5.74, 6) is -0.524. The average molecular weight is 192 g/mol. The van der Waals surface area contributed by atoms with Gasteiger partial charge in [-0.2, -0.15) is 0 Å². The van der Waals surface area contributed by atoms with Crippen molar-refractivity contribution >= 4 is 11.6 Å². The van der Waals surface area contributed by atoms with Crippen LogP contribution in [-0.2, 0) is 0 Å². The molecule has 0 fully saturated rings. The molecular formula is C8H8ClF2N. The molecule has 1 aromatic rings. The Morgan fingerprint density at radius 2 is 2.17 bits per heavy atom. The first kappa shape index (κ1) is 9.42. The third kappa shape index (κ3) is 1.93. The van der Waals surface area contributed by atoms with E-state index in [9.17, 15) is 8.78 Å². The normalized spacial score (nSPS) is 13.0. The van der Waals surface area contributed by atoms with Gasteiger partial charge in [0.1, 0.15) is 12.5 Å². The lowest BCUT2D eigenvalue weighted by molar-refractivity contribution is 0.427. The number of benzene rings is 1. The summed E-state index contributed by atoms with van der Waals surface area (Å²) in [4.78, 5) is 0. The second-order valence-electron chi connectivity index (χ2n) is 2.43. The van der Waals surface area contributed by atoms with Crippen LogP contribution in [0.2, 0.25) is 5.02 Å². The van der Waals surface area contributed by atoms with E-state index in [0.29, 0.717) is 5.02 Å². The Kier molecular flexibility index (Phi) is 3.00. The summed E-state index contributed by atoms with van der Waals surface area (Å²) in [6, 6.07) is 2.98. The molecule has 0 radical (unpaired) electrons. The van der Waals surface area contributed by atoms with E-state index >= 15 is 0 Å². The van der Waals surface area contributed by atoms with Crippen molar-refractivity contribution in [2.24, 2.45) is 5.73 Å². The quantitative estimate of drug-likeness (QED) is 0.764. The monoisotopic (exact) mass is 191 g/mol. The summed E-state index contributed by atoms with van der Waals surface area (Å²) in [7, 11) is 0. The van der Waals surface area contributed by atoms with Gasteiger partial charge in [0.05, 0.1) is 6.04 Å². The Labute approximate surface area is 74.1 Å². The summed E-state index contributed by atoms with van der Waals surface area (Å²) < 4.78 is 25.0. The molecule has 0 aliphatic heterocycles. The fourth-order valence-electron chi connectivity index (χ4n) is 0.882. The molecular weight excluding hydrogens is 184 g/mol. The molecule has 0 bridgehead atoms. The molecule has 0 heterocycles. The van der Waals surface area contributed by atoms with Gasteiger partial charge in [0.25, 0.3) is 0 Å². The summed E-state index contributed by atoms with van der Waals surface area (Å²) in [6.45, 7) is -0.794. The highest BCUT2D eigenvalue weighted by atomic mass is 35.5. The van der Waals surface area contributed by atoms with Crippen molar-refractivity contribution in [3.8, 4) is 0 Å². The molecule has 2 N–H and O–H groups in total. The molecule has 0 saturated heterocycles. The zero-order valence-electron chi connectivity index (χ0n) is 6.23. The van der Waals surface area contributed by atoms with Crippen LogP contribution < -0.4 is 5.73 Å². The lowest BCUT2D eigenvalue weighted by Gasteiger charge is -2.08. The maximum Gasteiger partial charge on any atom is 0.128 e. The SMILES string of the molecule is NC(CF)c1cc(Cl)ccc1F. The zero-order chi connectivity index (χ0) is 9.14. The summed E-state index contributed by atoms with van der Waals surface area (Å²) >= 11 is 5.57. The molecule has 0 saturated carbocycles. The highest BCUT2D eigenvalue weighted by Gasteiger charge is 2.10. The third-order valence-corrected chi connectivity index (χ3v) is 1.76. The van der Waals surface area contributed by atoms with Crippen molar-refractivity contribution < 1.29 is 8.78 Å². The van der Waals surface area contributed by atoms with Crippen LogP contribution in [0.15, 0.2) is 18.2 Å². The van der Waals surface area contributed by atoms with Gasteiger partial charge in [-0.15, -0.1) is 0 Å². The van der Waals surface area contributed by atoms with Gasteiger partial charge in [-0.1, -0.05) is 11.6 Å². The minimum absolute atomic E-state index is 0.116. The van der Waals surface area contributed by atoms with Crippen LogP contribution >= 0.6 is 11.6 Å². The fraction of sp³-hybridized carbons (Fsp3) is 0.250. The van der Waals surface area contributed by atoms with Crippen molar-refractivity contribution in [1.29, 1.82) is 0 Å². The van der Waals surface area contributed by atoms with Crippen molar-refractivity contribution in [1.82, 2.24) is 0 Å². The molecule has 0 aromatic heterocycles. The Balaban J connectivity index is 3.04. The number of hydrogen-bond donors (Lipinski definition) is 1. The smallest absolute Gasteiger partial charge is 0.128 e. The van der Waals surface area contributed by atoms with Crippen LogP contribution in [0.5, 0.6) is 0 Å². The van der Waals surface area contributed by atoms with E-state index in [1.54, 1.807) is 0 Å². The van der Waals surface area contributed by atoms with Crippen LogP contribution in [0.25, 0.3) is 0 Å². The summed E-state index contributed by atoms with van der Waals surface area (Å²) in [5, 5.41) is 0.357. The number of nitrogens with two attached hydrogens (primary N) is 1. The van der Waals surface area contributed by atoms with Gasteiger partial charge >= 0.3 is 0 Å². The van der Waals surface area contributed by atoms with E-state index in [1.807, 2.05) is 0 Å². The highest BCUT2D eigenvalue weighted by Crippen LogP contribution is 2.19. The van der Waals surface area contributed by atoms with Crippen LogP contribution in [0.1, 0.15) is 11.6 Å². The minimum Gasteiger partial charge on any atom is -0.322 e. The van der Waals surface area contributed by atoms with Gasteiger partial charge in [-0.05, 0) is 18.2 Å². The highest BCUT2D eigenvalue weighted by molar-refractivity contribution is 6.30. The predicted octanol–water partition coefficient (Wildman–Crippen LogP) is 2.45. The Morgan fingerprint density at radius 1 is 1.50 bits per heavy atom. The standard InChI is InChI=1S/C8H8ClF2N/c9-5-1-2-7(11)6(3-5)8(12)4-10/h1-3,8H,4,12H2. The van der Waals surface area contributed by atoms with E-state index in [-0.39, 0.29) is 5.56 Å². The maximum absolute atomic E-state index is 12.9. The predicted molar refractivity (Wildman–Crippen MR) is 44.3 cm³/mol. The minimum atomic E-state index is -0.927. The first-order valence-electron chi connectivity index (χ1n) is 3.41. The van der Waals surface area contributed by atoms with E-state index in [1.165, 1.54) is 18.2 Å². The molecule has 1 unspecified atom stereocenters. The maximum atomic E-state index is 12.9. The molecule has 0 spiro atoms. The Hall–Kier alpha value is -0.670. The van der Waals surface area contributed by atoms with Crippen molar-refractivity contribution in [3.05, 3.63) is 34.6 Å². The number of halogens is 3. The molecule has 66 valence electrons. The lowest BCUT2D eigenvalue weighted by atomic mass is 10.1. The molecule has 1 atom stereocenters. The average Bonchev–Trinajstić information content (AvgIpc) is 2.08. The second kappa shape index (κ2) is 3.83. The Morgan fingerprint density at radius 3 is 2.75 bits per heavy atom. The Bertz CT molecular complexity index is 278. The zero-order valence-corrected chi connectivity index (χ0v) is 6.98. The molecule has 1 nitrogen and oxygen atoms in total. The molecule has 1 rings (SSSR count). The van der Waals surface area contributed by atoms with Gasteiger partial charge in [-0.3, -0.25) is 0 Å². The largest absolute Gasteiger partial charge is 0.322 e. The van der Waals surface area contributed by atoms with Crippen LogP contribution in [-0.4, -0.2) is 6.67 Å². The van der Waals surface area contributed by atoms with Crippen LogP contribution in [0.4, 0.5) is 8.78 Å². The molecule has 0 aliphatic carbocycles. The lowest BCUT2D eigenvalue weighted by Crippen LogP contribution is -2.13. The van der Waals surface area contributed by atoms with Crippen molar-refractivity contribution in [2.75, 3.05) is 6.67 Å². The molecule has 12 heavy (non-hydrogen) atoms. The van der Waals surface area contributed by atoms with Crippen molar-refractivity contribution in [2.45, 2.75) is 6.04 Å².